The molecule has 0 aromatic carbocycles. The van der Waals surface area contributed by atoms with Gasteiger partial charge in [-0.3, -0.25) is 15.1 Å². The zero-order valence-electron chi connectivity index (χ0n) is 6.90. The van der Waals surface area contributed by atoms with Crippen molar-refractivity contribution in [3.8, 4) is 0 Å². The minimum absolute atomic E-state index is 0.0202. The van der Waals surface area contributed by atoms with Crippen LogP contribution in [0.3, 0.4) is 0 Å². The molecule has 0 saturated carbocycles. The zero-order valence-corrected chi connectivity index (χ0v) is 6.90. The number of nitrogens with zero attached hydrogens (tertiary/aromatic N) is 1. The fourth-order valence-corrected chi connectivity index (χ4v) is 0.817. The summed E-state index contributed by atoms with van der Waals surface area (Å²) in [5.41, 5.74) is 0.818. The van der Waals surface area contributed by atoms with Gasteiger partial charge in [0.1, 0.15) is 0 Å². The fourth-order valence-electron chi connectivity index (χ4n) is 0.817. The molecule has 1 N–H and O–H groups in total. The summed E-state index contributed by atoms with van der Waals surface area (Å²) in [6.45, 7) is 2.36. The Bertz CT molecular complexity index is 246. The molecule has 0 aromatic rings. The molecule has 0 aromatic heterocycles. The van der Waals surface area contributed by atoms with Gasteiger partial charge in [0, 0.05) is 12.7 Å². The average Bonchev–Trinajstić information content (AvgIpc) is 2.09. The molecule has 1 aliphatic carbocycles. The third-order valence-electron chi connectivity index (χ3n) is 1.50. The van der Waals surface area contributed by atoms with E-state index in [1.165, 1.54) is 12.2 Å². The molecular formula is C9H11NO2. The average molecular weight is 165 g/mol. The predicted octanol–water partition coefficient (Wildman–Crippen LogP) is 1.28. The predicted molar refractivity (Wildman–Crippen MR) is 45.5 cm³/mol. The van der Waals surface area contributed by atoms with E-state index < -0.39 is 0 Å². The molecule has 0 heterocycles. The first-order chi connectivity index (χ1) is 5.72. The Morgan fingerprint density at radius 1 is 1.42 bits per heavy atom. The summed E-state index contributed by atoms with van der Waals surface area (Å²) < 4.78 is 0. The van der Waals surface area contributed by atoms with Crippen molar-refractivity contribution in [2.75, 3.05) is 6.54 Å². The van der Waals surface area contributed by atoms with E-state index in [0.717, 1.165) is 10.6 Å². The number of rotatable bonds is 2. The highest BCUT2D eigenvalue weighted by atomic mass is 16.5. The lowest BCUT2D eigenvalue weighted by atomic mass is 10.1. The lowest BCUT2D eigenvalue weighted by Crippen LogP contribution is -2.10. The number of ketones is 1. The molecule has 0 radical (unpaired) electrons. The summed E-state index contributed by atoms with van der Waals surface area (Å²) >= 11 is 0. The van der Waals surface area contributed by atoms with E-state index in [-0.39, 0.29) is 5.78 Å². The van der Waals surface area contributed by atoms with Crippen LogP contribution in [0.1, 0.15) is 6.92 Å². The molecule has 12 heavy (non-hydrogen) atoms. The van der Waals surface area contributed by atoms with Crippen LogP contribution in [0.2, 0.25) is 0 Å². The summed E-state index contributed by atoms with van der Waals surface area (Å²) in [4.78, 5) is 10.7. The quantitative estimate of drug-likeness (QED) is 0.626. The number of allylic oxidation sites excluding steroid dienone is 5. The molecule has 0 bridgehead atoms. The molecule has 0 saturated heterocycles. The van der Waals surface area contributed by atoms with Crippen LogP contribution in [0, 0.1) is 0 Å². The van der Waals surface area contributed by atoms with Crippen molar-refractivity contribution in [3.63, 3.8) is 0 Å². The van der Waals surface area contributed by atoms with Crippen LogP contribution in [0.4, 0.5) is 0 Å². The Balaban J connectivity index is 2.66. The lowest BCUT2D eigenvalue weighted by molar-refractivity contribution is -0.110. The van der Waals surface area contributed by atoms with E-state index in [1.54, 1.807) is 18.4 Å². The summed E-state index contributed by atoms with van der Waals surface area (Å²) in [7, 11) is 0. The Morgan fingerprint density at radius 3 is 2.50 bits per heavy atom. The van der Waals surface area contributed by atoms with Crippen molar-refractivity contribution in [2.45, 2.75) is 6.92 Å². The molecular weight excluding hydrogens is 154 g/mol. The van der Waals surface area contributed by atoms with Gasteiger partial charge in [0.15, 0.2) is 5.78 Å². The number of hydrogen-bond acceptors (Lipinski definition) is 3. The second kappa shape index (κ2) is 3.88. The second-order valence-electron chi connectivity index (χ2n) is 2.45. The van der Waals surface area contributed by atoms with Crippen molar-refractivity contribution < 1.29 is 10.0 Å². The van der Waals surface area contributed by atoms with Crippen LogP contribution in [-0.2, 0) is 4.79 Å². The molecule has 0 aliphatic heterocycles. The summed E-state index contributed by atoms with van der Waals surface area (Å²) in [6.07, 6.45) is 7.84. The smallest absolute Gasteiger partial charge is 0.178 e. The second-order valence-corrected chi connectivity index (χ2v) is 2.45. The topological polar surface area (TPSA) is 40.5 Å². The van der Waals surface area contributed by atoms with E-state index in [1.807, 2.05) is 6.92 Å². The number of carbonyl (C=O) groups excluding carboxylic acids is 1. The van der Waals surface area contributed by atoms with Gasteiger partial charge in [0.2, 0.25) is 0 Å². The highest BCUT2D eigenvalue weighted by Crippen LogP contribution is 2.06. The molecule has 1 rings (SSSR count). The molecule has 0 unspecified atom stereocenters. The van der Waals surface area contributed by atoms with E-state index in [2.05, 4.69) is 0 Å². The summed E-state index contributed by atoms with van der Waals surface area (Å²) in [5, 5.41) is 10.1. The van der Waals surface area contributed by atoms with E-state index in [4.69, 9.17) is 5.21 Å². The molecule has 3 nitrogen and oxygen atoms in total. The van der Waals surface area contributed by atoms with Gasteiger partial charge in [-0.05, 0) is 36.8 Å². The third kappa shape index (κ3) is 2.36. The first-order valence-corrected chi connectivity index (χ1v) is 3.80. The Kier molecular flexibility index (Phi) is 2.82. The monoisotopic (exact) mass is 165 g/mol. The fraction of sp³-hybridized carbons (Fsp3) is 0.222. The van der Waals surface area contributed by atoms with Gasteiger partial charge in [0.25, 0.3) is 0 Å². The van der Waals surface area contributed by atoms with Crippen LogP contribution >= 0.6 is 0 Å². The van der Waals surface area contributed by atoms with Crippen molar-refractivity contribution in [1.29, 1.82) is 0 Å². The molecule has 0 atom stereocenters. The molecule has 3 heteroatoms. The Morgan fingerprint density at radius 2 is 2.00 bits per heavy atom. The maximum absolute atomic E-state index is 10.7. The molecule has 64 valence electrons. The SMILES string of the molecule is CCN(O)C=C1C=CC(=O)C=C1. The van der Waals surface area contributed by atoms with E-state index >= 15 is 0 Å². The first-order valence-electron chi connectivity index (χ1n) is 3.80. The van der Waals surface area contributed by atoms with Crippen LogP contribution < -0.4 is 0 Å². The van der Waals surface area contributed by atoms with Gasteiger partial charge >= 0.3 is 0 Å². The standard InChI is InChI=1S/C9H11NO2/c1-2-10(12)7-8-3-5-9(11)6-4-8/h3-7,12H,2H2,1H3. The molecule has 0 amide bonds. The van der Waals surface area contributed by atoms with Crippen molar-refractivity contribution in [3.05, 3.63) is 36.1 Å². The molecule has 0 fully saturated rings. The maximum Gasteiger partial charge on any atom is 0.178 e. The molecule has 0 spiro atoms. The number of hydroxylamine groups is 2. The van der Waals surface area contributed by atoms with Gasteiger partial charge < -0.3 is 0 Å². The molecule has 1 aliphatic rings. The first kappa shape index (κ1) is 8.74. The van der Waals surface area contributed by atoms with Gasteiger partial charge in [-0.25, -0.2) is 0 Å². The normalized spacial score (nSPS) is 15.2. The van der Waals surface area contributed by atoms with Gasteiger partial charge in [0.05, 0.1) is 0 Å². The minimum atomic E-state index is -0.0202. The summed E-state index contributed by atoms with van der Waals surface area (Å²) in [6, 6.07) is 0. The minimum Gasteiger partial charge on any atom is -0.290 e. The van der Waals surface area contributed by atoms with Gasteiger partial charge in [-0.1, -0.05) is 0 Å². The van der Waals surface area contributed by atoms with Crippen LogP contribution in [0.25, 0.3) is 0 Å². The third-order valence-corrected chi connectivity index (χ3v) is 1.50. The van der Waals surface area contributed by atoms with Gasteiger partial charge in [-0.15, -0.1) is 0 Å². The van der Waals surface area contributed by atoms with Gasteiger partial charge in [-0.2, -0.15) is 0 Å². The van der Waals surface area contributed by atoms with Crippen molar-refractivity contribution >= 4 is 5.78 Å². The van der Waals surface area contributed by atoms with Crippen LogP contribution in [0.5, 0.6) is 0 Å². The van der Waals surface area contributed by atoms with Crippen LogP contribution in [0.15, 0.2) is 36.1 Å². The Labute approximate surface area is 71.3 Å². The zero-order chi connectivity index (χ0) is 8.97. The van der Waals surface area contributed by atoms with Crippen molar-refractivity contribution in [2.24, 2.45) is 0 Å². The highest BCUT2D eigenvalue weighted by molar-refractivity contribution is 6.01. The summed E-state index contributed by atoms with van der Waals surface area (Å²) in [5.74, 6) is -0.0202. The highest BCUT2D eigenvalue weighted by Gasteiger charge is 1.98. The number of carbonyl (C=O) groups is 1. The maximum atomic E-state index is 10.7. The van der Waals surface area contributed by atoms with Crippen LogP contribution in [-0.4, -0.2) is 22.6 Å². The largest absolute Gasteiger partial charge is 0.290 e. The van der Waals surface area contributed by atoms with E-state index in [9.17, 15) is 4.79 Å². The van der Waals surface area contributed by atoms with Crippen molar-refractivity contribution in [1.82, 2.24) is 5.06 Å². The number of hydrogen-bond donors (Lipinski definition) is 1. The van der Waals surface area contributed by atoms with E-state index in [0.29, 0.717) is 6.54 Å². The lowest BCUT2D eigenvalue weighted by Gasteiger charge is -2.09. The Hall–Kier alpha value is -1.35.